The van der Waals surface area contributed by atoms with E-state index >= 15 is 0 Å². The van der Waals surface area contributed by atoms with Crippen LogP contribution in [-0.4, -0.2) is 33.5 Å². The predicted octanol–water partition coefficient (Wildman–Crippen LogP) is 4.44. The van der Waals surface area contributed by atoms with Gasteiger partial charge in [-0.05, 0) is 79.4 Å². The van der Waals surface area contributed by atoms with Gasteiger partial charge in [0.15, 0.2) is 0 Å². The molecule has 1 amide bonds. The number of nitrogens with one attached hydrogen (secondary N) is 1. The van der Waals surface area contributed by atoms with Crippen molar-refractivity contribution in [2.75, 3.05) is 5.32 Å². The summed E-state index contributed by atoms with van der Waals surface area (Å²) in [5.41, 5.74) is 8.82. The Morgan fingerprint density at radius 2 is 1.77 bits per heavy atom. The summed E-state index contributed by atoms with van der Waals surface area (Å²) in [6, 6.07) is 14.2. The van der Waals surface area contributed by atoms with E-state index in [-0.39, 0.29) is 5.91 Å². The van der Waals surface area contributed by atoms with Gasteiger partial charge in [-0.25, -0.2) is 9.59 Å². The van der Waals surface area contributed by atoms with Crippen molar-refractivity contribution >= 4 is 29.6 Å². The number of anilines is 1. The number of benzene rings is 2. The number of nitrogens with zero attached hydrogens (tertiary/aromatic N) is 1. The van der Waals surface area contributed by atoms with Crippen LogP contribution in [0.2, 0.25) is 0 Å². The molecule has 8 nitrogen and oxygen atoms in total. The van der Waals surface area contributed by atoms with Gasteiger partial charge in [-0.3, -0.25) is 9.78 Å². The Hall–Kier alpha value is -4.30. The minimum Gasteiger partial charge on any atom is -0.478 e. The topological polar surface area (TPSA) is 132 Å². The molecule has 35 heavy (non-hydrogen) atoms. The molecule has 3 rings (SSSR count). The molecule has 0 aliphatic carbocycles. The molecular formula is C27H27N3O5. The molecule has 2 aromatic carbocycles. The van der Waals surface area contributed by atoms with Gasteiger partial charge in [0.05, 0.1) is 0 Å². The number of carbonyl (C=O) groups is 3. The minimum atomic E-state index is -1.10. The second-order valence-electron chi connectivity index (χ2n) is 8.80. The third kappa shape index (κ3) is 7.09. The molecule has 0 saturated heterocycles. The van der Waals surface area contributed by atoms with Crippen LogP contribution in [0, 0.1) is 0 Å². The molecule has 1 heterocycles. The Balaban J connectivity index is 2.05. The van der Waals surface area contributed by atoms with E-state index in [2.05, 4.69) is 10.3 Å². The maximum Gasteiger partial charge on any atom is 0.328 e. The predicted molar refractivity (Wildman–Crippen MR) is 134 cm³/mol. The number of carbonyl (C=O) groups excluding carboxylic acids is 2. The van der Waals surface area contributed by atoms with E-state index in [0.29, 0.717) is 33.5 Å². The van der Waals surface area contributed by atoms with Crippen molar-refractivity contribution in [1.29, 1.82) is 0 Å². The van der Waals surface area contributed by atoms with Crippen LogP contribution >= 0.6 is 0 Å². The number of aliphatic carboxylic acids is 1. The SMILES string of the molecule is CC(C)(C)OC(=O)C(N)c1ccc(C(=O)Nc2ccncc2)cc1-c1cccc(/C=C/C(=O)O)c1. The first-order valence-corrected chi connectivity index (χ1v) is 10.9. The van der Waals surface area contributed by atoms with Crippen LogP contribution in [0.3, 0.4) is 0 Å². The second-order valence-corrected chi connectivity index (χ2v) is 8.80. The lowest BCUT2D eigenvalue weighted by atomic mass is 9.92. The van der Waals surface area contributed by atoms with Gasteiger partial charge in [-0.2, -0.15) is 0 Å². The molecule has 180 valence electrons. The molecule has 0 spiro atoms. The lowest BCUT2D eigenvalue weighted by Gasteiger charge is -2.23. The highest BCUT2D eigenvalue weighted by molar-refractivity contribution is 6.05. The van der Waals surface area contributed by atoms with Crippen molar-refractivity contribution in [2.45, 2.75) is 32.4 Å². The van der Waals surface area contributed by atoms with Crippen LogP contribution in [-0.2, 0) is 14.3 Å². The molecule has 3 aromatic rings. The minimum absolute atomic E-state index is 0.350. The first-order valence-electron chi connectivity index (χ1n) is 10.9. The highest BCUT2D eigenvalue weighted by Crippen LogP contribution is 2.31. The maximum absolute atomic E-state index is 12.9. The molecule has 0 aliphatic heterocycles. The van der Waals surface area contributed by atoms with Gasteiger partial charge in [0.2, 0.25) is 0 Å². The third-order valence-electron chi connectivity index (χ3n) is 4.87. The fourth-order valence-corrected chi connectivity index (χ4v) is 3.33. The number of hydrogen-bond donors (Lipinski definition) is 3. The quantitative estimate of drug-likeness (QED) is 0.341. The molecule has 8 heteroatoms. The summed E-state index contributed by atoms with van der Waals surface area (Å²) in [4.78, 5) is 40.5. The van der Waals surface area contributed by atoms with E-state index in [9.17, 15) is 14.4 Å². The smallest absolute Gasteiger partial charge is 0.328 e. The van der Waals surface area contributed by atoms with Gasteiger partial charge < -0.3 is 20.9 Å². The number of nitrogens with two attached hydrogens (primary N) is 1. The van der Waals surface area contributed by atoms with Crippen LogP contribution < -0.4 is 11.1 Å². The van der Waals surface area contributed by atoms with Crippen molar-refractivity contribution < 1.29 is 24.2 Å². The van der Waals surface area contributed by atoms with Gasteiger partial charge in [-0.15, -0.1) is 0 Å². The van der Waals surface area contributed by atoms with E-state index < -0.39 is 23.6 Å². The highest BCUT2D eigenvalue weighted by Gasteiger charge is 2.26. The number of carboxylic acid groups (broad SMARTS) is 1. The summed E-state index contributed by atoms with van der Waals surface area (Å²) >= 11 is 0. The number of aromatic nitrogens is 1. The Morgan fingerprint density at radius 1 is 1.06 bits per heavy atom. The van der Waals surface area contributed by atoms with Crippen molar-refractivity contribution in [3.05, 3.63) is 89.8 Å². The van der Waals surface area contributed by atoms with Crippen molar-refractivity contribution in [2.24, 2.45) is 5.73 Å². The molecular weight excluding hydrogens is 446 g/mol. The van der Waals surface area contributed by atoms with Gasteiger partial charge in [-0.1, -0.05) is 24.3 Å². The largest absolute Gasteiger partial charge is 0.478 e. The zero-order valence-corrected chi connectivity index (χ0v) is 19.7. The summed E-state index contributed by atoms with van der Waals surface area (Å²) in [7, 11) is 0. The molecule has 1 unspecified atom stereocenters. The lowest BCUT2D eigenvalue weighted by Crippen LogP contribution is -2.32. The normalized spacial score (nSPS) is 12.2. The first kappa shape index (κ1) is 25.3. The van der Waals surface area contributed by atoms with E-state index in [1.807, 2.05) is 0 Å². The van der Waals surface area contributed by atoms with Crippen LogP contribution in [0.4, 0.5) is 5.69 Å². The fourth-order valence-electron chi connectivity index (χ4n) is 3.33. The summed E-state index contributed by atoms with van der Waals surface area (Å²) in [5, 5.41) is 11.8. The highest BCUT2D eigenvalue weighted by atomic mass is 16.6. The Labute approximate surface area is 203 Å². The number of ether oxygens (including phenoxy) is 1. The zero-order valence-electron chi connectivity index (χ0n) is 19.7. The van der Waals surface area contributed by atoms with E-state index in [0.717, 1.165) is 6.08 Å². The van der Waals surface area contributed by atoms with Crippen LogP contribution in [0.1, 0.15) is 48.3 Å². The molecule has 0 fully saturated rings. The Morgan fingerprint density at radius 3 is 2.43 bits per heavy atom. The molecule has 0 radical (unpaired) electrons. The Bertz CT molecular complexity index is 1260. The fraction of sp³-hybridized carbons (Fsp3) is 0.185. The average Bonchev–Trinajstić information content (AvgIpc) is 2.81. The van der Waals surface area contributed by atoms with Gasteiger partial charge in [0.1, 0.15) is 11.6 Å². The second kappa shape index (κ2) is 10.8. The molecule has 0 aliphatic rings. The number of amides is 1. The Kier molecular flexibility index (Phi) is 7.78. The number of pyridine rings is 1. The van der Waals surface area contributed by atoms with E-state index in [4.69, 9.17) is 15.6 Å². The zero-order chi connectivity index (χ0) is 25.6. The number of hydrogen-bond acceptors (Lipinski definition) is 6. The van der Waals surface area contributed by atoms with Crippen LogP contribution in [0.15, 0.2) is 73.1 Å². The van der Waals surface area contributed by atoms with Gasteiger partial charge >= 0.3 is 11.9 Å². The molecule has 4 N–H and O–H groups in total. The molecule has 1 aromatic heterocycles. The molecule has 0 bridgehead atoms. The molecule has 1 atom stereocenters. The summed E-state index contributed by atoms with van der Waals surface area (Å²) in [6.45, 7) is 5.26. The molecule has 0 saturated carbocycles. The van der Waals surface area contributed by atoms with E-state index in [1.54, 1.807) is 87.8 Å². The third-order valence-corrected chi connectivity index (χ3v) is 4.87. The maximum atomic E-state index is 12.9. The number of rotatable bonds is 7. The number of esters is 1. The first-order chi connectivity index (χ1) is 16.5. The van der Waals surface area contributed by atoms with Crippen LogP contribution in [0.25, 0.3) is 17.2 Å². The van der Waals surface area contributed by atoms with Crippen LogP contribution in [0.5, 0.6) is 0 Å². The van der Waals surface area contributed by atoms with Crippen molar-refractivity contribution in [3.63, 3.8) is 0 Å². The van der Waals surface area contributed by atoms with Crippen molar-refractivity contribution in [1.82, 2.24) is 4.98 Å². The lowest BCUT2D eigenvalue weighted by molar-refractivity contribution is -0.156. The monoisotopic (exact) mass is 473 g/mol. The van der Waals surface area contributed by atoms with Crippen molar-refractivity contribution in [3.8, 4) is 11.1 Å². The standard InChI is InChI=1S/C27H27N3O5/c1-27(2,3)35-26(34)24(28)21-9-8-19(25(33)30-20-11-13-29-14-12-20)16-22(21)18-6-4-5-17(15-18)7-10-23(31)32/h4-16,24H,28H2,1-3H3,(H,31,32)(H,29,30,33)/b10-7+. The van der Waals surface area contributed by atoms with Gasteiger partial charge in [0.25, 0.3) is 5.91 Å². The summed E-state index contributed by atoms with van der Waals surface area (Å²) < 4.78 is 5.46. The summed E-state index contributed by atoms with van der Waals surface area (Å²) in [6.07, 6.45) is 5.63. The van der Waals surface area contributed by atoms with Gasteiger partial charge in [0, 0.05) is 29.7 Å². The number of carboxylic acids is 1. The average molecular weight is 474 g/mol. The van der Waals surface area contributed by atoms with E-state index in [1.165, 1.54) is 6.08 Å². The summed E-state index contributed by atoms with van der Waals surface area (Å²) in [5.74, 6) is -2.02.